The number of aromatic carboxylic acids is 1. The van der Waals surface area contributed by atoms with Gasteiger partial charge in [-0.25, -0.2) is 4.79 Å². The molecule has 2 heterocycles. The highest BCUT2D eigenvalue weighted by atomic mass is 16.5. The Kier molecular flexibility index (Phi) is 4.03. The van der Waals surface area contributed by atoms with Crippen LogP contribution < -0.4 is 5.32 Å². The first kappa shape index (κ1) is 12.3. The van der Waals surface area contributed by atoms with E-state index in [1.54, 1.807) is 12.4 Å². The lowest BCUT2D eigenvalue weighted by Crippen LogP contribution is -2.16. The lowest BCUT2D eigenvalue weighted by atomic mass is 10.2. The number of rotatable bonds is 6. The minimum absolute atomic E-state index is 0.0686. The van der Waals surface area contributed by atoms with Crippen molar-refractivity contribution in [1.82, 2.24) is 15.5 Å². The number of hydrogen-bond donors (Lipinski definition) is 2. The van der Waals surface area contributed by atoms with Crippen LogP contribution in [0.3, 0.4) is 0 Å². The van der Waals surface area contributed by atoms with Gasteiger partial charge < -0.3 is 14.9 Å². The number of aromatic nitrogens is 2. The molecule has 0 aliphatic rings. The molecule has 0 aliphatic heterocycles. The standard InChI is InChI=1S/C12H13N3O3/c16-12(17)11-7-10(18-15-11)8-14-6-3-9-1-4-13-5-2-9/h1-2,4-5,7,14H,3,6,8H2,(H,16,17). The van der Waals surface area contributed by atoms with Crippen LogP contribution in [0.5, 0.6) is 0 Å². The molecule has 0 amide bonds. The van der Waals surface area contributed by atoms with Crippen LogP contribution in [-0.2, 0) is 13.0 Å². The molecule has 0 fully saturated rings. The number of nitrogens with zero attached hydrogens (tertiary/aromatic N) is 2. The zero-order valence-electron chi connectivity index (χ0n) is 9.67. The molecule has 94 valence electrons. The third-order valence-corrected chi connectivity index (χ3v) is 2.42. The summed E-state index contributed by atoms with van der Waals surface area (Å²) >= 11 is 0. The van der Waals surface area contributed by atoms with E-state index < -0.39 is 5.97 Å². The van der Waals surface area contributed by atoms with E-state index in [4.69, 9.17) is 9.63 Å². The number of pyridine rings is 1. The van der Waals surface area contributed by atoms with Crippen molar-refractivity contribution in [2.24, 2.45) is 0 Å². The Labute approximate surface area is 104 Å². The molecule has 0 atom stereocenters. The summed E-state index contributed by atoms with van der Waals surface area (Å²) in [5.74, 6) is -0.566. The molecule has 2 rings (SSSR count). The van der Waals surface area contributed by atoms with Crippen LogP contribution in [-0.4, -0.2) is 27.8 Å². The molecular weight excluding hydrogens is 234 g/mol. The number of carboxylic acids is 1. The van der Waals surface area contributed by atoms with Crippen LogP contribution >= 0.6 is 0 Å². The molecule has 2 N–H and O–H groups in total. The first-order valence-electron chi connectivity index (χ1n) is 5.54. The summed E-state index contributed by atoms with van der Waals surface area (Å²) in [4.78, 5) is 14.5. The van der Waals surface area contributed by atoms with E-state index in [1.165, 1.54) is 11.6 Å². The highest BCUT2D eigenvalue weighted by molar-refractivity contribution is 5.85. The second kappa shape index (κ2) is 5.92. The monoisotopic (exact) mass is 247 g/mol. The van der Waals surface area contributed by atoms with Gasteiger partial charge in [0.1, 0.15) is 0 Å². The van der Waals surface area contributed by atoms with Gasteiger partial charge in [-0.2, -0.15) is 0 Å². The van der Waals surface area contributed by atoms with Crippen molar-refractivity contribution in [2.75, 3.05) is 6.54 Å². The fourth-order valence-corrected chi connectivity index (χ4v) is 1.49. The molecule has 0 saturated heterocycles. The largest absolute Gasteiger partial charge is 0.476 e. The van der Waals surface area contributed by atoms with Crippen LogP contribution in [0.15, 0.2) is 35.1 Å². The minimum atomic E-state index is -1.08. The number of hydrogen-bond acceptors (Lipinski definition) is 5. The van der Waals surface area contributed by atoms with Gasteiger partial charge in [0.05, 0.1) is 6.54 Å². The SMILES string of the molecule is O=C(O)c1cc(CNCCc2ccncc2)on1. The Balaban J connectivity index is 1.73. The van der Waals surface area contributed by atoms with Crippen LogP contribution in [0.25, 0.3) is 0 Å². The molecule has 2 aromatic heterocycles. The van der Waals surface area contributed by atoms with Crippen LogP contribution in [0.4, 0.5) is 0 Å². The Morgan fingerprint density at radius 2 is 2.17 bits per heavy atom. The van der Waals surface area contributed by atoms with Crippen LogP contribution in [0.2, 0.25) is 0 Å². The average Bonchev–Trinajstić information content (AvgIpc) is 2.85. The molecule has 0 spiro atoms. The Hall–Kier alpha value is -2.21. The molecular formula is C12H13N3O3. The summed E-state index contributed by atoms with van der Waals surface area (Å²) in [5.41, 5.74) is 1.13. The second-order valence-corrected chi connectivity index (χ2v) is 3.77. The Bertz CT molecular complexity index is 510. The zero-order chi connectivity index (χ0) is 12.8. The molecule has 2 aromatic rings. The zero-order valence-corrected chi connectivity index (χ0v) is 9.67. The topological polar surface area (TPSA) is 88.2 Å². The Morgan fingerprint density at radius 3 is 2.83 bits per heavy atom. The normalized spacial score (nSPS) is 10.4. The summed E-state index contributed by atoms with van der Waals surface area (Å²) in [6, 6.07) is 5.33. The molecule has 6 heteroatoms. The summed E-state index contributed by atoms with van der Waals surface area (Å²) in [7, 11) is 0. The molecule has 0 unspecified atom stereocenters. The molecule has 0 radical (unpaired) electrons. The summed E-state index contributed by atoms with van der Waals surface area (Å²) in [6.45, 7) is 1.23. The van der Waals surface area contributed by atoms with Gasteiger partial charge in [0.25, 0.3) is 0 Å². The molecule has 0 bridgehead atoms. The lowest BCUT2D eigenvalue weighted by Gasteiger charge is -2.01. The molecule has 0 saturated carbocycles. The van der Waals surface area contributed by atoms with E-state index in [9.17, 15) is 4.79 Å². The molecule has 0 aliphatic carbocycles. The van der Waals surface area contributed by atoms with Crippen molar-refractivity contribution in [3.05, 3.63) is 47.6 Å². The van der Waals surface area contributed by atoms with Crippen molar-refractivity contribution in [1.29, 1.82) is 0 Å². The molecule has 6 nitrogen and oxygen atoms in total. The summed E-state index contributed by atoms with van der Waals surface area (Å²) in [6.07, 6.45) is 4.39. The number of carbonyl (C=O) groups is 1. The van der Waals surface area contributed by atoms with Crippen molar-refractivity contribution in [3.63, 3.8) is 0 Å². The maximum absolute atomic E-state index is 10.6. The molecule has 18 heavy (non-hydrogen) atoms. The quantitative estimate of drug-likeness (QED) is 0.743. The third kappa shape index (κ3) is 3.39. The fraction of sp³-hybridized carbons (Fsp3) is 0.250. The van der Waals surface area contributed by atoms with E-state index in [1.807, 2.05) is 12.1 Å². The smallest absolute Gasteiger partial charge is 0.358 e. The lowest BCUT2D eigenvalue weighted by molar-refractivity contribution is 0.0685. The maximum Gasteiger partial charge on any atom is 0.358 e. The number of carboxylic acid groups (broad SMARTS) is 1. The van der Waals surface area contributed by atoms with Gasteiger partial charge in [-0.05, 0) is 30.7 Å². The van der Waals surface area contributed by atoms with Crippen molar-refractivity contribution in [2.45, 2.75) is 13.0 Å². The highest BCUT2D eigenvalue weighted by Crippen LogP contribution is 2.03. The minimum Gasteiger partial charge on any atom is -0.476 e. The van der Waals surface area contributed by atoms with Gasteiger partial charge in [-0.15, -0.1) is 0 Å². The first-order chi connectivity index (χ1) is 8.75. The Morgan fingerprint density at radius 1 is 1.39 bits per heavy atom. The first-order valence-corrected chi connectivity index (χ1v) is 5.54. The maximum atomic E-state index is 10.6. The van der Waals surface area contributed by atoms with Gasteiger partial charge in [0, 0.05) is 18.5 Å². The van der Waals surface area contributed by atoms with Gasteiger partial charge in [-0.1, -0.05) is 5.16 Å². The highest BCUT2D eigenvalue weighted by Gasteiger charge is 2.09. The molecule has 0 aromatic carbocycles. The van der Waals surface area contributed by atoms with E-state index in [0.717, 1.165) is 13.0 Å². The van der Waals surface area contributed by atoms with E-state index in [2.05, 4.69) is 15.5 Å². The van der Waals surface area contributed by atoms with Gasteiger partial charge in [0.15, 0.2) is 11.5 Å². The van der Waals surface area contributed by atoms with E-state index in [-0.39, 0.29) is 5.69 Å². The van der Waals surface area contributed by atoms with Gasteiger partial charge in [0.2, 0.25) is 0 Å². The van der Waals surface area contributed by atoms with Gasteiger partial charge in [-0.3, -0.25) is 4.98 Å². The van der Waals surface area contributed by atoms with Crippen molar-refractivity contribution < 1.29 is 14.4 Å². The summed E-state index contributed by atoms with van der Waals surface area (Å²) < 4.78 is 4.87. The van der Waals surface area contributed by atoms with Gasteiger partial charge >= 0.3 is 5.97 Å². The second-order valence-electron chi connectivity index (χ2n) is 3.77. The van der Waals surface area contributed by atoms with Crippen LogP contribution in [0, 0.1) is 0 Å². The average molecular weight is 247 g/mol. The van der Waals surface area contributed by atoms with Crippen molar-refractivity contribution >= 4 is 5.97 Å². The van der Waals surface area contributed by atoms with E-state index in [0.29, 0.717) is 12.3 Å². The number of nitrogens with one attached hydrogen (secondary N) is 1. The third-order valence-electron chi connectivity index (χ3n) is 2.42. The predicted molar refractivity (Wildman–Crippen MR) is 63.1 cm³/mol. The van der Waals surface area contributed by atoms with E-state index >= 15 is 0 Å². The predicted octanol–water partition coefficient (Wildman–Crippen LogP) is 1.10. The summed E-state index contributed by atoms with van der Waals surface area (Å²) in [5, 5.41) is 15.3. The van der Waals surface area contributed by atoms with Crippen molar-refractivity contribution in [3.8, 4) is 0 Å². The van der Waals surface area contributed by atoms with Crippen LogP contribution in [0.1, 0.15) is 21.8 Å². The fourth-order valence-electron chi connectivity index (χ4n) is 1.49.